The van der Waals surface area contributed by atoms with Crippen LogP contribution in [0, 0.1) is 0 Å². The van der Waals surface area contributed by atoms with Gasteiger partial charge in [-0.25, -0.2) is 0 Å². The number of halogens is 6. The van der Waals surface area contributed by atoms with Gasteiger partial charge in [-0.3, -0.25) is 4.79 Å². The van der Waals surface area contributed by atoms with Gasteiger partial charge in [0.25, 0.3) is 0 Å². The highest BCUT2D eigenvalue weighted by Crippen LogP contribution is 2.41. The number of carbonyl (C=O) groups is 1. The van der Waals surface area contributed by atoms with Gasteiger partial charge in [-0.1, -0.05) is 6.07 Å². The molecule has 9 heteroatoms. The topological polar surface area (TPSA) is 23.6 Å². The third-order valence-electron chi connectivity index (χ3n) is 5.34. The molecule has 0 saturated carbocycles. The molecular formula is C23H26F6N2O. The largest absolute Gasteiger partial charge is 0.417 e. The third-order valence-corrected chi connectivity index (χ3v) is 5.34. The summed E-state index contributed by atoms with van der Waals surface area (Å²) in [4.78, 5) is 17.1. The van der Waals surface area contributed by atoms with E-state index in [2.05, 4.69) is 4.90 Å². The molecule has 0 unspecified atom stereocenters. The second kappa shape index (κ2) is 9.83. The minimum absolute atomic E-state index is 0.107. The van der Waals surface area contributed by atoms with Crippen LogP contribution in [0.15, 0.2) is 36.4 Å². The first-order valence-electron chi connectivity index (χ1n) is 10.4. The van der Waals surface area contributed by atoms with Crippen molar-refractivity contribution < 1.29 is 31.1 Å². The second-order valence-corrected chi connectivity index (χ2v) is 7.13. The summed E-state index contributed by atoms with van der Waals surface area (Å²) >= 11 is 0. The Morgan fingerprint density at radius 1 is 0.656 bits per heavy atom. The fourth-order valence-corrected chi connectivity index (χ4v) is 3.65. The van der Waals surface area contributed by atoms with Crippen molar-refractivity contribution in [1.82, 2.24) is 0 Å². The molecule has 0 aliphatic heterocycles. The molecule has 0 radical (unpaired) electrons. The lowest BCUT2D eigenvalue weighted by molar-refractivity contribution is -0.162. The average molecular weight is 460 g/mol. The van der Waals surface area contributed by atoms with Crippen LogP contribution in [0.3, 0.4) is 0 Å². The summed E-state index contributed by atoms with van der Waals surface area (Å²) in [5.41, 5.74) is -2.42. The van der Waals surface area contributed by atoms with E-state index in [4.69, 9.17) is 0 Å². The lowest BCUT2D eigenvalue weighted by atomic mass is 9.96. The Bertz CT molecular complexity index is 944. The Kier molecular flexibility index (Phi) is 7.85. The monoisotopic (exact) mass is 460 g/mol. The maximum Gasteiger partial charge on any atom is 0.417 e. The Morgan fingerprint density at radius 3 is 1.56 bits per heavy atom. The number of nitrogens with zero attached hydrogens (tertiary/aromatic N) is 2. The van der Waals surface area contributed by atoms with Crippen molar-refractivity contribution in [3.8, 4) is 0 Å². The van der Waals surface area contributed by atoms with Gasteiger partial charge in [0.15, 0.2) is 5.78 Å². The molecule has 2 rings (SSSR count). The van der Waals surface area contributed by atoms with E-state index in [-0.39, 0.29) is 11.6 Å². The van der Waals surface area contributed by atoms with Gasteiger partial charge in [-0.15, -0.1) is 0 Å². The summed E-state index contributed by atoms with van der Waals surface area (Å²) in [6.45, 7) is 10.6. The fraction of sp³-hybridized carbons (Fsp3) is 0.435. The summed E-state index contributed by atoms with van der Waals surface area (Å²) in [5, 5.41) is 0. The molecule has 0 aromatic heterocycles. The molecule has 32 heavy (non-hydrogen) atoms. The second-order valence-electron chi connectivity index (χ2n) is 7.13. The highest BCUT2D eigenvalue weighted by Gasteiger charge is 2.43. The van der Waals surface area contributed by atoms with Crippen molar-refractivity contribution in [1.29, 1.82) is 0 Å². The van der Waals surface area contributed by atoms with Crippen molar-refractivity contribution in [2.75, 3.05) is 36.0 Å². The van der Waals surface area contributed by atoms with Crippen LogP contribution >= 0.6 is 0 Å². The average Bonchev–Trinajstić information content (AvgIpc) is 2.74. The predicted molar refractivity (Wildman–Crippen MR) is 113 cm³/mol. The van der Waals surface area contributed by atoms with E-state index in [1.807, 2.05) is 32.6 Å². The van der Waals surface area contributed by atoms with Gasteiger partial charge < -0.3 is 9.80 Å². The standard InChI is InChI=1S/C23H26F6N2O/c1-5-30(6-2)19-12-10-16(14-20(19)31(7-3)8-4)21(32)15-9-11-17(22(24,25)26)18(13-15)23(27,28)29/h9-14H,5-8H2,1-4H3. The number of rotatable bonds is 8. The number of carbonyl (C=O) groups excluding carboxylic acids is 1. The van der Waals surface area contributed by atoms with E-state index in [1.54, 1.807) is 12.1 Å². The molecule has 0 aliphatic rings. The highest BCUT2D eigenvalue weighted by molar-refractivity contribution is 6.10. The molecule has 0 aliphatic carbocycles. The molecule has 0 N–H and O–H groups in total. The van der Waals surface area contributed by atoms with Crippen LogP contribution in [0.5, 0.6) is 0 Å². The van der Waals surface area contributed by atoms with Gasteiger partial charge in [0.2, 0.25) is 0 Å². The van der Waals surface area contributed by atoms with E-state index < -0.39 is 34.8 Å². The zero-order valence-corrected chi connectivity index (χ0v) is 18.4. The maximum absolute atomic E-state index is 13.3. The number of hydrogen-bond donors (Lipinski definition) is 0. The van der Waals surface area contributed by atoms with Gasteiger partial charge in [-0.2, -0.15) is 26.3 Å². The summed E-state index contributed by atoms with van der Waals surface area (Å²) in [6, 6.07) is 6.19. The Labute approximate surface area is 183 Å². The normalized spacial score (nSPS) is 12.1. The van der Waals surface area contributed by atoms with Gasteiger partial charge in [0.1, 0.15) is 0 Å². The number of benzene rings is 2. The van der Waals surface area contributed by atoms with E-state index in [1.165, 1.54) is 6.07 Å². The van der Waals surface area contributed by atoms with Crippen LogP contribution in [0.1, 0.15) is 54.7 Å². The van der Waals surface area contributed by atoms with Crippen LogP contribution < -0.4 is 9.80 Å². The first-order valence-corrected chi connectivity index (χ1v) is 10.4. The molecule has 2 aromatic rings. The van der Waals surface area contributed by atoms with Gasteiger partial charge in [-0.05, 0) is 58.0 Å². The van der Waals surface area contributed by atoms with Crippen LogP contribution in [0.2, 0.25) is 0 Å². The van der Waals surface area contributed by atoms with Gasteiger partial charge >= 0.3 is 12.4 Å². The minimum atomic E-state index is -5.25. The van der Waals surface area contributed by atoms with Gasteiger partial charge in [0.05, 0.1) is 22.5 Å². The van der Waals surface area contributed by atoms with Crippen molar-refractivity contribution in [3.05, 3.63) is 58.7 Å². The molecule has 176 valence electrons. The smallest absolute Gasteiger partial charge is 0.370 e. The molecule has 2 aromatic carbocycles. The molecule has 3 nitrogen and oxygen atoms in total. The lowest BCUT2D eigenvalue weighted by Crippen LogP contribution is -2.28. The number of alkyl halides is 6. The molecular weight excluding hydrogens is 434 g/mol. The first-order chi connectivity index (χ1) is 14.9. The summed E-state index contributed by atoms with van der Waals surface area (Å²) < 4.78 is 79.0. The Hall–Kier alpha value is -2.71. The van der Waals surface area contributed by atoms with Crippen molar-refractivity contribution in [2.45, 2.75) is 40.0 Å². The van der Waals surface area contributed by atoms with E-state index in [0.717, 1.165) is 17.4 Å². The molecule has 0 heterocycles. The SMILES string of the molecule is CCN(CC)c1ccc(C(=O)c2ccc(C(F)(F)F)c(C(F)(F)F)c2)cc1N(CC)CC. The van der Waals surface area contributed by atoms with E-state index in [0.29, 0.717) is 32.2 Å². The first kappa shape index (κ1) is 25.5. The lowest BCUT2D eigenvalue weighted by Gasteiger charge is -2.30. The Balaban J connectivity index is 2.61. The molecule has 0 atom stereocenters. The zero-order chi connectivity index (χ0) is 24.3. The van der Waals surface area contributed by atoms with Gasteiger partial charge in [0, 0.05) is 37.3 Å². The molecule has 0 fully saturated rings. The number of hydrogen-bond acceptors (Lipinski definition) is 3. The van der Waals surface area contributed by atoms with Crippen LogP contribution in [-0.2, 0) is 12.4 Å². The maximum atomic E-state index is 13.3. The molecule has 0 amide bonds. The van der Waals surface area contributed by atoms with E-state index >= 15 is 0 Å². The summed E-state index contributed by atoms with van der Waals surface area (Å²) in [7, 11) is 0. The van der Waals surface area contributed by atoms with Crippen LogP contribution in [0.4, 0.5) is 37.7 Å². The van der Waals surface area contributed by atoms with E-state index in [9.17, 15) is 31.1 Å². The van der Waals surface area contributed by atoms with Crippen LogP contribution in [-0.4, -0.2) is 32.0 Å². The van der Waals surface area contributed by atoms with Crippen molar-refractivity contribution >= 4 is 17.2 Å². The quantitative estimate of drug-likeness (QED) is 0.326. The molecule has 0 bridgehead atoms. The van der Waals surface area contributed by atoms with Crippen LogP contribution in [0.25, 0.3) is 0 Å². The highest BCUT2D eigenvalue weighted by atomic mass is 19.4. The molecule has 0 spiro atoms. The fourth-order valence-electron chi connectivity index (χ4n) is 3.65. The minimum Gasteiger partial charge on any atom is -0.370 e. The van der Waals surface area contributed by atoms with Crippen molar-refractivity contribution in [3.63, 3.8) is 0 Å². The zero-order valence-electron chi connectivity index (χ0n) is 18.4. The Morgan fingerprint density at radius 2 is 1.09 bits per heavy atom. The molecule has 0 saturated heterocycles. The number of anilines is 2. The third kappa shape index (κ3) is 5.37. The summed E-state index contributed by atoms with van der Waals surface area (Å²) in [6.07, 6.45) is -10.4. The van der Waals surface area contributed by atoms with Crippen molar-refractivity contribution in [2.24, 2.45) is 0 Å². The number of ketones is 1. The summed E-state index contributed by atoms with van der Waals surface area (Å²) in [5.74, 6) is -0.774. The predicted octanol–water partition coefficient (Wildman–Crippen LogP) is 6.65.